The summed E-state index contributed by atoms with van der Waals surface area (Å²) < 4.78 is 11.0. The molecule has 5 heteroatoms. The van der Waals surface area contributed by atoms with Gasteiger partial charge in [0.25, 0.3) is 0 Å². The molecule has 23 heavy (non-hydrogen) atoms. The lowest BCUT2D eigenvalue weighted by molar-refractivity contribution is -0.116. The second kappa shape index (κ2) is 6.84. The number of hydrogen-bond donors (Lipinski definition) is 1. The molecule has 0 saturated heterocycles. The van der Waals surface area contributed by atoms with Gasteiger partial charge < -0.3 is 14.8 Å². The number of carbonyl (C=O) groups is 1. The quantitative estimate of drug-likeness (QED) is 0.942. The zero-order chi connectivity index (χ0) is 16.1. The summed E-state index contributed by atoms with van der Waals surface area (Å²) in [6.07, 6.45) is 0.969. The molecule has 2 aromatic rings. The molecule has 1 aliphatic heterocycles. The van der Waals surface area contributed by atoms with Crippen molar-refractivity contribution in [2.45, 2.75) is 12.8 Å². The molecule has 0 unspecified atom stereocenters. The molecule has 0 atom stereocenters. The Morgan fingerprint density at radius 2 is 1.96 bits per heavy atom. The van der Waals surface area contributed by atoms with Gasteiger partial charge in [-0.1, -0.05) is 12.1 Å². The topological polar surface area (TPSA) is 71.4 Å². The maximum Gasteiger partial charge on any atom is 0.224 e. The number of nitrogens with zero attached hydrogens (tertiary/aromatic N) is 1. The first kappa shape index (κ1) is 14.9. The minimum Gasteiger partial charge on any atom is -0.486 e. The number of ether oxygens (including phenoxy) is 2. The van der Waals surface area contributed by atoms with Crippen molar-refractivity contribution in [1.29, 1.82) is 5.26 Å². The van der Waals surface area contributed by atoms with E-state index in [1.54, 1.807) is 24.3 Å². The summed E-state index contributed by atoms with van der Waals surface area (Å²) in [5.41, 5.74) is 2.18. The van der Waals surface area contributed by atoms with E-state index in [1.165, 1.54) is 0 Å². The van der Waals surface area contributed by atoms with Gasteiger partial charge in [-0.05, 0) is 42.3 Å². The SMILES string of the molecule is N#Cc1cccc(NC(=O)CCc2ccc3c(c2)OCCO3)c1. The van der Waals surface area contributed by atoms with Crippen LogP contribution in [0.25, 0.3) is 0 Å². The predicted octanol–water partition coefficient (Wildman–Crippen LogP) is 2.90. The second-order valence-electron chi connectivity index (χ2n) is 5.22. The molecule has 2 aromatic carbocycles. The van der Waals surface area contributed by atoms with Crippen LogP contribution in [0.2, 0.25) is 0 Å². The summed E-state index contributed by atoms with van der Waals surface area (Å²) in [7, 11) is 0. The van der Waals surface area contributed by atoms with Crippen LogP contribution in [-0.2, 0) is 11.2 Å². The van der Waals surface area contributed by atoms with Gasteiger partial charge in [-0.25, -0.2) is 0 Å². The summed E-state index contributed by atoms with van der Waals surface area (Å²) >= 11 is 0. The van der Waals surface area contributed by atoms with Crippen molar-refractivity contribution in [3.63, 3.8) is 0 Å². The van der Waals surface area contributed by atoms with Gasteiger partial charge in [0.05, 0.1) is 11.6 Å². The van der Waals surface area contributed by atoms with Crippen molar-refractivity contribution < 1.29 is 14.3 Å². The van der Waals surface area contributed by atoms with Crippen LogP contribution >= 0.6 is 0 Å². The maximum atomic E-state index is 12.0. The number of nitrogens with one attached hydrogen (secondary N) is 1. The number of amides is 1. The van der Waals surface area contributed by atoms with Crippen molar-refractivity contribution in [1.82, 2.24) is 0 Å². The highest BCUT2D eigenvalue weighted by molar-refractivity contribution is 5.91. The Bertz CT molecular complexity index is 765. The molecule has 0 fully saturated rings. The van der Waals surface area contributed by atoms with Gasteiger partial charge in [-0.2, -0.15) is 5.26 Å². The third kappa shape index (κ3) is 3.80. The molecular weight excluding hydrogens is 292 g/mol. The van der Waals surface area contributed by atoms with Crippen LogP contribution < -0.4 is 14.8 Å². The molecule has 0 radical (unpaired) electrons. The van der Waals surface area contributed by atoms with E-state index in [2.05, 4.69) is 11.4 Å². The molecule has 1 amide bonds. The highest BCUT2D eigenvalue weighted by Crippen LogP contribution is 2.31. The molecule has 1 aliphatic rings. The van der Waals surface area contributed by atoms with Crippen LogP contribution in [0.3, 0.4) is 0 Å². The van der Waals surface area contributed by atoms with E-state index in [4.69, 9.17) is 14.7 Å². The van der Waals surface area contributed by atoms with Crippen LogP contribution in [0.5, 0.6) is 11.5 Å². The molecule has 0 aliphatic carbocycles. The van der Waals surface area contributed by atoms with E-state index < -0.39 is 0 Å². The van der Waals surface area contributed by atoms with Crippen molar-refractivity contribution in [2.75, 3.05) is 18.5 Å². The smallest absolute Gasteiger partial charge is 0.224 e. The zero-order valence-electron chi connectivity index (χ0n) is 12.5. The van der Waals surface area contributed by atoms with Gasteiger partial charge in [-0.3, -0.25) is 4.79 Å². The third-order valence-electron chi connectivity index (χ3n) is 3.52. The van der Waals surface area contributed by atoms with Gasteiger partial charge in [0.2, 0.25) is 5.91 Å². The summed E-state index contributed by atoms with van der Waals surface area (Å²) in [5, 5.41) is 11.7. The average Bonchev–Trinajstić information content (AvgIpc) is 2.60. The van der Waals surface area contributed by atoms with E-state index in [0.717, 1.165) is 17.1 Å². The minimum absolute atomic E-state index is 0.0880. The predicted molar refractivity (Wildman–Crippen MR) is 85.5 cm³/mol. The molecular formula is C18H16N2O3. The van der Waals surface area contributed by atoms with Gasteiger partial charge >= 0.3 is 0 Å². The molecule has 0 saturated carbocycles. The Morgan fingerprint density at radius 3 is 2.78 bits per heavy atom. The highest BCUT2D eigenvalue weighted by atomic mass is 16.6. The first-order valence-corrected chi connectivity index (χ1v) is 7.43. The number of rotatable bonds is 4. The first-order chi connectivity index (χ1) is 11.2. The van der Waals surface area contributed by atoms with Crippen molar-refractivity contribution in [3.8, 4) is 17.6 Å². The van der Waals surface area contributed by atoms with E-state index in [1.807, 2.05) is 18.2 Å². The van der Waals surface area contributed by atoms with Crippen LogP contribution in [0.4, 0.5) is 5.69 Å². The monoisotopic (exact) mass is 308 g/mol. The van der Waals surface area contributed by atoms with Crippen LogP contribution in [0.15, 0.2) is 42.5 Å². The lowest BCUT2D eigenvalue weighted by Gasteiger charge is -2.18. The van der Waals surface area contributed by atoms with Crippen LogP contribution in [0.1, 0.15) is 17.5 Å². The molecule has 3 rings (SSSR count). The Labute approximate surface area is 134 Å². The summed E-state index contributed by atoms with van der Waals surface area (Å²) in [6, 6.07) is 14.6. The lowest BCUT2D eigenvalue weighted by atomic mass is 10.1. The molecule has 1 N–H and O–H groups in total. The van der Waals surface area contributed by atoms with Gasteiger partial charge in [-0.15, -0.1) is 0 Å². The molecule has 116 valence electrons. The van der Waals surface area contributed by atoms with Crippen molar-refractivity contribution in [3.05, 3.63) is 53.6 Å². The fourth-order valence-corrected chi connectivity index (χ4v) is 2.39. The molecule has 0 spiro atoms. The van der Waals surface area contributed by atoms with Gasteiger partial charge in [0.1, 0.15) is 13.2 Å². The molecule has 0 bridgehead atoms. The second-order valence-corrected chi connectivity index (χ2v) is 5.22. The van der Waals surface area contributed by atoms with Crippen LogP contribution in [0, 0.1) is 11.3 Å². The minimum atomic E-state index is -0.0880. The normalized spacial score (nSPS) is 12.3. The largest absolute Gasteiger partial charge is 0.486 e. The van der Waals surface area contributed by atoms with Crippen molar-refractivity contribution >= 4 is 11.6 Å². The van der Waals surface area contributed by atoms with E-state index in [0.29, 0.717) is 37.3 Å². The molecule has 5 nitrogen and oxygen atoms in total. The van der Waals surface area contributed by atoms with E-state index in [9.17, 15) is 4.79 Å². The van der Waals surface area contributed by atoms with Crippen LogP contribution in [-0.4, -0.2) is 19.1 Å². The van der Waals surface area contributed by atoms with Gasteiger partial charge in [0.15, 0.2) is 11.5 Å². The zero-order valence-corrected chi connectivity index (χ0v) is 12.5. The number of fused-ring (bicyclic) bond motifs is 1. The Balaban J connectivity index is 1.57. The third-order valence-corrected chi connectivity index (χ3v) is 3.52. The first-order valence-electron chi connectivity index (χ1n) is 7.43. The average molecular weight is 308 g/mol. The summed E-state index contributed by atoms with van der Waals surface area (Å²) in [5.74, 6) is 1.39. The van der Waals surface area contributed by atoms with Crippen molar-refractivity contribution in [2.24, 2.45) is 0 Å². The fourth-order valence-electron chi connectivity index (χ4n) is 2.39. The van der Waals surface area contributed by atoms with E-state index >= 15 is 0 Å². The number of nitriles is 1. The van der Waals surface area contributed by atoms with Gasteiger partial charge in [0, 0.05) is 12.1 Å². The number of aryl methyl sites for hydroxylation is 1. The summed E-state index contributed by atoms with van der Waals surface area (Å²) in [6.45, 7) is 1.11. The Morgan fingerprint density at radius 1 is 1.13 bits per heavy atom. The van der Waals surface area contributed by atoms with E-state index in [-0.39, 0.29) is 5.91 Å². The molecule has 1 heterocycles. The molecule has 0 aromatic heterocycles. The standard InChI is InChI=1S/C18H16N2O3/c19-12-14-2-1-3-15(10-14)20-18(21)7-5-13-4-6-16-17(11-13)23-9-8-22-16/h1-4,6,10-11H,5,7-9H2,(H,20,21). The summed E-state index contributed by atoms with van der Waals surface area (Å²) in [4.78, 5) is 12.0. The Kier molecular flexibility index (Phi) is 4.44. The number of carbonyl (C=O) groups excluding carboxylic acids is 1. The number of hydrogen-bond acceptors (Lipinski definition) is 4. The fraction of sp³-hybridized carbons (Fsp3) is 0.222. The highest BCUT2D eigenvalue weighted by Gasteiger charge is 2.12. The number of benzene rings is 2. The number of anilines is 1. The maximum absolute atomic E-state index is 12.0. The Hall–Kier alpha value is -3.00. The lowest BCUT2D eigenvalue weighted by Crippen LogP contribution is -2.15.